The highest BCUT2D eigenvalue weighted by Crippen LogP contribution is 2.21. The fraction of sp³-hybridized carbons (Fsp3) is 0.421. The Balaban J connectivity index is 2.13. The van der Waals surface area contributed by atoms with E-state index in [1.165, 1.54) is 11.0 Å². The molecule has 1 aromatic heterocycles. The molecule has 0 aliphatic carbocycles. The number of carbonyl (C=O) groups is 2. The van der Waals surface area contributed by atoms with Crippen molar-refractivity contribution in [1.29, 1.82) is 0 Å². The van der Waals surface area contributed by atoms with Crippen LogP contribution in [0.15, 0.2) is 28.8 Å². The Morgan fingerprint density at radius 2 is 1.96 bits per heavy atom. The van der Waals surface area contributed by atoms with Gasteiger partial charge in [-0.05, 0) is 37.5 Å². The smallest absolute Gasteiger partial charge is 0.253 e. The highest BCUT2D eigenvalue weighted by atomic mass is 35.5. The lowest BCUT2D eigenvalue weighted by Gasteiger charge is -2.25. The Bertz CT molecular complexity index is 820. The Kier molecular flexibility index (Phi) is 7.27. The van der Waals surface area contributed by atoms with Gasteiger partial charge in [-0.3, -0.25) is 9.59 Å². The number of likely N-dealkylation sites (N-methyl/N-ethyl adjacent to an activating group) is 1. The molecule has 0 radical (unpaired) electrons. The van der Waals surface area contributed by atoms with Gasteiger partial charge < -0.3 is 14.7 Å². The molecule has 0 aliphatic rings. The van der Waals surface area contributed by atoms with Crippen LogP contribution in [0.3, 0.4) is 0 Å². The van der Waals surface area contributed by atoms with Crippen molar-refractivity contribution in [3.8, 4) is 0 Å². The number of nitrogens with zero attached hydrogens (tertiary/aromatic N) is 2. The van der Waals surface area contributed by atoms with Crippen molar-refractivity contribution in [3.63, 3.8) is 0 Å². The molecule has 0 saturated heterocycles. The summed E-state index contributed by atoms with van der Waals surface area (Å²) >= 11 is 12.0. The maximum atomic E-state index is 12.9. The van der Waals surface area contributed by atoms with Crippen molar-refractivity contribution in [2.24, 2.45) is 5.92 Å². The van der Waals surface area contributed by atoms with Crippen LogP contribution >= 0.6 is 23.2 Å². The molecule has 6 nitrogen and oxygen atoms in total. The zero-order chi connectivity index (χ0) is 20.1. The molecule has 1 aromatic carbocycles. The van der Waals surface area contributed by atoms with Gasteiger partial charge in [0.2, 0.25) is 5.91 Å². The molecule has 0 aliphatic heterocycles. The van der Waals surface area contributed by atoms with E-state index in [4.69, 9.17) is 27.7 Å². The number of aryl methyl sites for hydroxylation is 1. The second kappa shape index (κ2) is 9.24. The first kappa shape index (κ1) is 21.3. The normalized spacial score (nSPS) is 12.1. The van der Waals surface area contributed by atoms with Gasteiger partial charge in [-0.15, -0.1) is 0 Å². The third kappa shape index (κ3) is 5.97. The number of carbonyl (C=O) groups excluding carboxylic acids is 2. The lowest BCUT2D eigenvalue weighted by atomic mass is 10.0. The van der Waals surface area contributed by atoms with Gasteiger partial charge in [0.1, 0.15) is 17.5 Å². The predicted molar refractivity (Wildman–Crippen MR) is 105 cm³/mol. The molecule has 2 amide bonds. The average Bonchev–Trinajstić information content (AvgIpc) is 2.97. The Morgan fingerprint density at radius 3 is 2.52 bits per heavy atom. The summed E-state index contributed by atoms with van der Waals surface area (Å²) in [7, 11) is 1.67. The molecule has 2 aromatic rings. The van der Waals surface area contributed by atoms with Crippen LogP contribution in [0.5, 0.6) is 0 Å². The number of hydrogen-bond donors (Lipinski definition) is 1. The van der Waals surface area contributed by atoms with Gasteiger partial charge in [-0.1, -0.05) is 42.2 Å². The second-order valence-electron chi connectivity index (χ2n) is 6.90. The minimum absolute atomic E-state index is 0.206. The molecule has 0 fully saturated rings. The largest absolute Gasteiger partial charge is 0.361 e. The molecule has 146 valence electrons. The monoisotopic (exact) mass is 411 g/mol. The topological polar surface area (TPSA) is 75.4 Å². The third-order valence-corrected chi connectivity index (χ3v) is 4.49. The van der Waals surface area contributed by atoms with E-state index < -0.39 is 11.9 Å². The Hall–Kier alpha value is -2.05. The van der Waals surface area contributed by atoms with Crippen LogP contribution in [-0.4, -0.2) is 35.0 Å². The van der Waals surface area contributed by atoms with Crippen molar-refractivity contribution >= 4 is 35.0 Å². The van der Waals surface area contributed by atoms with Gasteiger partial charge in [-0.2, -0.15) is 0 Å². The first-order valence-electron chi connectivity index (χ1n) is 8.60. The zero-order valence-corrected chi connectivity index (χ0v) is 17.3. The van der Waals surface area contributed by atoms with E-state index in [1.54, 1.807) is 32.2 Å². The molecular weight excluding hydrogens is 389 g/mol. The van der Waals surface area contributed by atoms with E-state index in [2.05, 4.69) is 10.5 Å². The van der Waals surface area contributed by atoms with Crippen LogP contribution in [0.25, 0.3) is 0 Å². The Morgan fingerprint density at radius 1 is 1.26 bits per heavy atom. The summed E-state index contributed by atoms with van der Waals surface area (Å²) in [6, 6.07) is 5.71. The maximum Gasteiger partial charge on any atom is 0.253 e. The molecule has 0 saturated carbocycles. The standard InChI is InChI=1S/C19H23Cl2N3O3/c1-11(2)7-17(19(26)24(4)10-14-8-12(3)27-23-14)22-18(25)15-6-5-13(20)9-16(15)21/h5-6,8-9,11,17H,7,10H2,1-4H3,(H,22,25). The van der Waals surface area contributed by atoms with Gasteiger partial charge in [0, 0.05) is 18.1 Å². The molecule has 2 rings (SSSR count). The van der Waals surface area contributed by atoms with Gasteiger partial charge in [0.05, 0.1) is 17.1 Å². The molecule has 0 bridgehead atoms. The lowest BCUT2D eigenvalue weighted by molar-refractivity contribution is -0.133. The molecule has 0 spiro atoms. The van der Waals surface area contributed by atoms with E-state index in [0.717, 1.165) is 0 Å². The fourth-order valence-electron chi connectivity index (χ4n) is 2.68. The number of amides is 2. The molecule has 1 heterocycles. The average molecular weight is 412 g/mol. The molecule has 1 N–H and O–H groups in total. The van der Waals surface area contributed by atoms with E-state index in [-0.39, 0.29) is 22.4 Å². The predicted octanol–water partition coefficient (Wildman–Crippen LogP) is 4.09. The zero-order valence-electron chi connectivity index (χ0n) is 15.8. The quantitative estimate of drug-likeness (QED) is 0.743. The maximum absolute atomic E-state index is 12.9. The molecule has 1 unspecified atom stereocenters. The molecule has 1 atom stereocenters. The second-order valence-corrected chi connectivity index (χ2v) is 7.75. The van der Waals surface area contributed by atoms with Crippen LogP contribution in [0.2, 0.25) is 10.0 Å². The SMILES string of the molecule is Cc1cc(CN(C)C(=O)C(CC(C)C)NC(=O)c2ccc(Cl)cc2Cl)no1. The van der Waals surface area contributed by atoms with Crippen LogP contribution < -0.4 is 5.32 Å². The van der Waals surface area contributed by atoms with Gasteiger partial charge >= 0.3 is 0 Å². The number of benzene rings is 1. The lowest BCUT2D eigenvalue weighted by Crippen LogP contribution is -2.47. The Labute approximate surface area is 168 Å². The van der Waals surface area contributed by atoms with Crippen LogP contribution in [-0.2, 0) is 11.3 Å². The van der Waals surface area contributed by atoms with Gasteiger partial charge in [0.15, 0.2) is 0 Å². The number of nitrogens with one attached hydrogen (secondary N) is 1. The van der Waals surface area contributed by atoms with Gasteiger partial charge in [0.25, 0.3) is 5.91 Å². The summed E-state index contributed by atoms with van der Waals surface area (Å²) in [5, 5.41) is 7.37. The van der Waals surface area contributed by atoms with E-state index in [1.807, 2.05) is 13.8 Å². The minimum atomic E-state index is -0.678. The summed E-state index contributed by atoms with van der Waals surface area (Å²) in [5.74, 6) is 0.266. The third-order valence-electron chi connectivity index (χ3n) is 3.94. The van der Waals surface area contributed by atoms with E-state index in [9.17, 15) is 9.59 Å². The van der Waals surface area contributed by atoms with Crippen LogP contribution in [0, 0.1) is 12.8 Å². The molecular formula is C19H23Cl2N3O3. The molecule has 8 heteroatoms. The summed E-state index contributed by atoms with van der Waals surface area (Å²) in [6.45, 7) is 6.06. The summed E-state index contributed by atoms with van der Waals surface area (Å²) in [5.41, 5.74) is 0.927. The van der Waals surface area contributed by atoms with Crippen molar-refractivity contribution < 1.29 is 14.1 Å². The summed E-state index contributed by atoms with van der Waals surface area (Å²) in [6.07, 6.45) is 0.498. The van der Waals surface area contributed by atoms with Crippen LogP contribution in [0.4, 0.5) is 0 Å². The van der Waals surface area contributed by atoms with E-state index >= 15 is 0 Å². The fourth-order valence-corrected chi connectivity index (χ4v) is 3.18. The highest BCUT2D eigenvalue weighted by molar-refractivity contribution is 6.36. The van der Waals surface area contributed by atoms with Crippen molar-refractivity contribution in [3.05, 3.63) is 51.3 Å². The highest BCUT2D eigenvalue weighted by Gasteiger charge is 2.26. The van der Waals surface area contributed by atoms with Crippen molar-refractivity contribution in [1.82, 2.24) is 15.4 Å². The molecule has 27 heavy (non-hydrogen) atoms. The number of hydrogen-bond acceptors (Lipinski definition) is 4. The summed E-state index contributed by atoms with van der Waals surface area (Å²) in [4.78, 5) is 27.0. The number of rotatable bonds is 7. The van der Waals surface area contributed by atoms with E-state index in [0.29, 0.717) is 29.4 Å². The number of aromatic nitrogens is 1. The van der Waals surface area contributed by atoms with Crippen LogP contribution in [0.1, 0.15) is 42.1 Å². The minimum Gasteiger partial charge on any atom is -0.361 e. The first-order valence-corrected chi connectivity index (χ1v) is 9.36. The number of halogens is 2. The summed E-state index contributed by atoms with van der Waals surface area (Å²) < 4.78 is 5.03. The van der Waals surface area contributed by atoms with Gasteiger partial charge in [-0.25, -0.2) is 0 Å². The van der Waals surface area contributed by atoms with Crippen molar-refractivity contribution in [2.45, 2.75) is 39.8 Å². The van der Waals surface area contributed by atoms with Crippen molar-refractivity contribution in [2.75, 3.05) is 7.05 Å². The first-order chi connectivity index (χ1) is 12.7.